The standard InChI is InChI=1S/C15H18ClN3O/c1-10-14(11(2)19(3)18-10)9-17-15(20)13-6-4-5-12(7-13)8-16/h4-7H,8-9H2,1-3H3,(H,17,20). The van der Waals surface area contributed by atoms with Crippen LogP contribution in [0.15, 0.2) is 24.3 Å². The number of alkyl halides is 1. The zero-order valence-corrected chi connectivity index (χ0v) is 12.7. The molecule has 1 aromatic carbocycles. The van der Waals surface area contributed by atoms with Crippen LogP contribution in [0.5, 0.6) is 0 Å². The lowest BCUT2D eigenvalue weighted by Gasteiger charge is -2.07. The predicted octanol–water partition coefficient (Wildman–Crippen LogP) is 2.71. The van der Waals surface area contributed by atoms with Gasteiger partial charge in [-0.2, -0.15) is 5.10 Å². The molecule has 0 aliphatic rings. The van der Waals surface area contributed by atoms with Gasteiger partial charge < -0.3 is 5.32 Å². The summed E-state index contributed by atoms with van der Waals surface area (Å²) in [5, 5.41) is 7.26. The monoisotopic (exact) mass is 291 g/mol. The van der Waals surface area contributed by atoms with Crippen LogP contribution in [-0.2, 0) is 19.5 Å². The molecule has 2 rings (SSSR count). The van der Waals surface area contributed by atoms with Gasteiger partial charge in [0.05, 0.1) is 5.69 Å². The van der Waals surface area contributed by atoms with E-state index in [9.17, 15) is 4.79 Å². The normalized spacial score (nSPS) is 10.6. The number of benzene rings is 1. The molecule has 20 heavy (non-hydrogen) atoms. The molecule has 5 heteroatoms. The van der Waals surface area contributed by atoms with Crippen LogP contribution in [0.1, 0.15) is 32.9 Å². The number of aryl methyl sites for hydroxylation is 2. The maximum Gasteiger partial charge on any atom is 0.251 e. The molecule has 0 aliphatic carbocycles. The molecule has 0 bridgehead atoms. The van der Waals surface area contributed by atoms with E-state index < -0.39 is 0 Å². The molecule has 0 atom stereocenters. The van der Waals surface area contributed by atoms with Crippen molar-refractivity contribution in [1.82, 2.24) is 15.1 Å². The summed E-state index contributed by atoms with van der Waals surface area (Å²) >= 11 is 5.78. The van der Waals surface area contributed by atoms with E-state index >= 15 is 0 Å². The zero-order chi connectivity index (χ0) is 14.7. The van der Waals surface area contributed by atoms with Crippen LogP contribution < -0.4 is 5.32 Å². The number of nitrogens with one attached hydrogen (secondary N) is 1. The molecule has 0 aliphatic heterocycles. The molecule has 0 unspecified atom stereocenters. The van der Waals surface area contributed by atoms with Crippen LogP contribution in [-0.4, -0.2) is 15.7 Å². The number of nitrogens with zero attached hydrogens (tertiary/aromatic N) is 2. The summed E-state index contributed by atoms with van der Waals surface area (Å²) < 4.78 is 1.82. The molecule has 0 radical (unpaired) electrons. The van der Waals surface area contributed by atoms with Gasteiger partial charge in [0, 0.05) is 36.3 Å². The summed E-state index contributed by atoms with van der Waals surface area (Å²) in [7, 11) is 1.90. The number of halogens is 1. The van der Waals surface area contributed by atoms with E-state index in [1.165, 1.54) is 0 Å². The maximum absolute atomic E-state index is 12.1. The van der Waals surface area contributed by atoms with Crippen LogP contribution in [0.3, 0.4) is 0 Å². The molecular formula is C15H18ClN3O. The fourth-order valence-corrected chi connectivity index (χ4v) is 2.31. The molecule has 0 saturated carbocycles. The van der Waals surface area contributed by atoms with Gasteiger partial charge in [-0.3, -0.25) is 9.48 Å². The van der Waals surface area contributed by atoms with E-state index in [-0.39, 0.29) is 5.91 Å². The van der Waals surface area contributed by atoms with E-state index in [0.717, 1.165) is 22.5 Å². The number of carbonyl (C=O) groups is 1. The highest BCUT2D eigenvalue weighted by atomic mass is 35.5. The number of carbonyl (C=O) groups excluding carboxylic acids is 1. The van der Waals surface area contributed by atoms with Gasteiger partial charge in [0.15, 0.2) is 0 Å². The summed E-state index contributed by atoms with van der Waals surface area (Å²) in [6.07, 6.45) is 0. The lowest BCUT2D eigenvalue weighted by Crippen LogP contribution is -2.23. The van der Waals surface area contributed by atoms with E-state index in [0.29, 0.717) is 18.0 Å². The van der Waals surface area contributed by atoms with Gasteiger partial charge in [0.2, 0.25) is 0 Å². The van der Waals surface area contributed by atoms with Crippen LogP contribution >= 0.6 is 11.6 Å². The molecule has 2 aromatic rings. The fraction of sp³-hybridized carbons (Fsp3) is 0.333. The first-order valence-corrected chi connectivity index (χ1v) is 6.98. The molecule has 1 aromatic heterocycles. The van der Waals surface area contributed by atoms with Crippen molar-refractivity contribution in [2.75, 3.05) is 0 Å². The second kappa shape index (κ2) is 6.09. The first kappa shape index (κ1) is 14.6. The zero-order valence-electron chi connectivity index (χ0n) is 11.9. The van der Waals surface area contributed by atoms with Crippen molar-refractivity contribution in [3.8, 4) is 0 Å². The lowest BCUT2D eigenvalue weighted by atomic mass is 10.1. The summed E-state index contributed by atoms with van der Waals surface area (Å²) in [6, 6.07) is 7.34. The molecule has 106 valence electrons. The van der Waals surface area contributed by atoms with E-state index in [2.05, 4.69) is 10.4 Å². The Morgan fingerprint density at radius 2 is 2.15 bits per heavy atom. The largest absolute Gasteiger partial charge is 0.348 e. The Morgan fingerprint density at radius 1 is 1.40 bits per heavy atom. The third kappa shape index (κ3) is 3.02. The van der Waals surface area contributed by atoms with Gasteiger partial charge in [0.1, 0.15) is 0 Å². The van der Waals surface area contributed by atoms with Gasteiger partial charge >= 0.3 is 0 Å². The summed E-state index contributed by atoms with van der Waals surface area (Å²) in [5.41, 5.74) is 4.64. The highest BCUT2D eigenvalue weighted by molar-refractivity contribution is 6.17. The van der Waals surface area contributed by atoms with Gasteiger partial charge in [-0.05, 0) is 31.5 Å². The smallest absolute Gasteiger partial charge is 0.251 e. The number of hydrogen-bond acceptors (Lipinski definition) is 2. The molecule has 0 spiro atoms. The third-order valence-electron chi connectivity index (χ3n) is 3.43. The summed E-state index contributed by atoms with van der Waals surface area (Å²) in [5.74, 6) is 0.307. The highest BCUT2D eigenvalue weighted by Crippen LogP contribution is 2.12. The second-order valence-electron chi connectivity index (χ2n) is 4.79. The van der Waals surface area contributed by atoms with Crippen molar-refractivity contribution < 1.29 is 4.79 Å². The Bertz CT molecular complexity index is 634. The van der Waals surface area contributed by atoms with Crippen molar-refractivity contribution in [2.45, 2.75) is 26.3 Å². The first-order chi connectivity index (χ1) is 9.52. The van der Waals surface area contributed by atoms with Crippen molar-refractivity contribution in [3.63, 3.8) is 0 Å². The molecule has 0 saturated heterocycles. The number of hydrogen-bond donors (Lipinski definition) is 1. The molecule has 4 nitrogen and oxygen atoms in total. The van der Waals surface area contributed by atoms with Gasteiger partial charge in [-0.15, -0.1) is 11.6 Å². The summed E-state index contributed by atoms with van der Waals surface area (Å²) in [4.78, 5) is 12.1. The Kier molecular flexibility index (Phi) is 4.45. The SMILES string of the molecule is Cc1nn(C)c(C)c1CNC(=O)c1cccc(CCl)c1. The Morgan fingerprint density at radius 3 is 2.75 bits per heavy atom. The van der Waals surface area contributed by atoms with E-state index in [1.54, 1.807) is 6.07 Å². The minimum Gasteiger partial charge on any atom is -0.348 e. The number of amides is 1. The van der Waals surface area contributed by atoms with Crippen LogP contribution in [0.25, 0.3) is 0 Å². The van der Waals surface area contributed by atoms with Crippen molar-refractivity contribution >= 4 is 17.5 Å². The topological polar surface area (TPSA) is 46.9 Å². The quantitative estimate of drug-likeness (QED) is 0.881. The van der Waals surface area contributed by atoms with E-state index in [4.69, 9.17) is 11.6 Å². The minimum atomic E-state index is -0.0976. The lowest BCUT2D eigenvalue weighted by molar-refractivity contribution is 0.0950. The van der Waals surface area contributed by atoms with Crippen LogP contribution in [0.2, 0.25) is 0 Å². The highest BCUT2D eigenvalue weighted by Gasteiger charge is 2.11. The molecule has 0 fully saturated rings. The van der Waals surface area contributed by atoms with Gasteiger partial charge in [-0.1, -0.05) is 12.1 Å². The van der Waals surface area contributed by atoms with Crippen molar-refractivity contribution in [3.05, 3.63) is 52.3 Å². The maximum atomic E-state index is 12.1. The Labute approximate surface area is 123 Å². The van der Waals surface area contributed by atoms with Gasteiger partial charge in [-0.25, -0.2) is 0 Å². The average molecular weight is 292 g/mol. The third-order valence-corrected chi connectivity index (χ3v) is 3.74. The Hall–Kier alpha value is -1.81. The predicted molar refractivity (Wildman–Crippen MR) is 79.9 cm³/mol. The van der Waals surface area contributed by atoms with E-state index in [1.807, 2.05) is 43.8 Å². The molecular weight excluding hydrogens is 274 g/mol. The van der Waals surface area contributed by atoms with Crippen molar-refractivity contribution in [2.24, 2.45) is 7.05 Å². The molecule has 1 heterocycles. The first-order valence-electron chi connectivity index (χ1n) is 6.45. The van der Waals surface area contributed by atoms with Crippen LogP contribution in [0, 0.1) is 13.8 Å². The molecule has 1 amide bonds. The van der Waals surface area contributed by atoms with Crippen LogP contribution in [0.4, 0.5) is 0 Å². The second-order valence-corrected chi connectivity index (χ2v) is 5.06. The number of rotatable bonds is 4. The average Bonchev–Trinajstić information content (AvgIpc) is 2.70. The van der Waals surface area contributed by atoms with Crippen molar-refractivity contribution in [1.29, 1.82) is 0 Å². The van der Waals surface area contributed by atoms with Gasteiger partial charge in [0.25, 0.3) is 5.91 Å². The summed E-state index contributed by atoms with van der Waals surface area (Å²) in [6.45, 7) is 4.42. The Balaban J connectivity index is 2.08. The minimum absolute atomic E-state index is 0.0976. The number of aromatic nitrogens is 2. The fourth-order valence-electron chi connectivity index (χ4n) is 2.14. The molecule has 1 N–H and O–H groups in total.